The van der Waals surface area contributed by atoms with Crippen molar-refractivity contribution in [3.63, 3.8) is 0 Å². The Morgan fingerprint density at radius 1 is 1.15 bits per heavy atom. The smallest absolute Gasteiger partial charge is 0.310 e. The Morgan fingerprint density at radius 3 is 2.81 bits per heavy atom. The highest BCUT2D eigenvalue weighted by Crippen LogP contribution is 2.32. The fourth-order valence-corrected chi connectivity index (χ4v) is 3.30. The quantitative estimate of drug-likeness (QED) is 0.539. The summed E-state index contributed by atoms with van der Waals surface area (Å²) >= 11 is 0. The Kier molecular flexibility index (Phi) is 4.24. The molecule has 4 rings (SSSR count). The van der Waals surface area contributed by atoms with E-state index in [2.05, 4.69) is 10.3 Å². The maximum absolute atomic E-state index is 12.4. The number of hydrogen-bond acceptors (Lipinski definition) is 4. The molecule has 2 aromatic carbocycles. The lowest BCUT2D eigenvalue weighted by Crippen LogP contribution is -2.15. The molecule has 2 heterocycles. The van der Waals surface area contributed by atoms with Crippen molar-refractivity contribution < 1.29 is 19.1 Å². The van der Waals surface area contributed by atoms with E-state index in [1.54, 1.807) is 31.3 Å². The monoisotopic (exact) mass is 362 g/mol. The number of nitrogens with one attached hydrogen (secondary N) is 2. The van der Waals surface area contributed by atoms with Crippen LogP contribution in [-0.4, -0.2) is 29.3 Å². The van der Waals surface area contributed by atoms with Gasteiger partial charge in [0.05, 0.1) is 12.3 Å². The van der Waals surface area contributed by atoms with Crippen LogP contribution in [0.15, 0.2) is 48.7 Å². The van der Waals surface area contributed by atoms with Gasteiger partial charge in [-0.2, -0.15) is 0 Å². The number of hydrogen-bond donors (Lipinski definition) is 2. The van der Waals surface area contributed by atoms with Crippen LogP contribution in [0.25, 0.3) is 10.9 Å². The van der Waals surface area contributed by atoms with Crippen LogP contribution in [0.2, 0.25) is 0 Å². The summed E-state index contributed by atoms with van der Waals surface area (Å²) < 4.78 is 5.16. The van der Waals surface area contributed by atoms with Gasteiger partial charge in [0.25, 0.3) is 0 Å². The highest BCUT2D eigenvalue weighted by atomic mass is 16.5. The molecule has 6 heteroatoms. The summed E-state index contributed by atoms with van der Waals surface area (Å²) in [5, 5.41) is 3.73. The highest BCUT2D eigenvalue weighted by Gasteiger charge is 2.27. The van der Waals surface area contributed by atoms with Crippen LogP contribution in [0.1, 0.15) is 34.3 Å². The molecular formula is C21H18N2O4. The first-order valence-corrected chi connectivity index (χ1v) is 8.71. The van der Waals surface area contributed by atoms with Crippen LogP contribution in [0.5, 0.6) is 0 Å². The lowest BCUT2D eigenvalue weighted by Gasteiger charge is -2.07. The van der Waals surface area contributed by atoms with Gasteiger partial charge in [0.15, 0.2) is 12.4 Å². The van der Waals surface area contributed by atoms with Crippen LogP contribution < -0.4 is 5.32 Å². The van der Waals surface area contributed by atoms with E-state index in [0.717, 1.165) is 27.7 Å². The number of carbonyl (C=O) groups excluding carboxylic acids is 3. The van der Waals surface area contributed by atoms with Crippen molar-refractivity contribution >= 4 is 34.3 Å². The number of H-pyrrole nitrogens is 1. The topological polar surface area (TPSA) is 88.3 Å². The summed E-state index contributed by atoms with van der Waals surface area (Å²) in [4.78, 5) is 39.3. The minimum absolute atomic E-state index is 0.0836. The molecule has 2 N–H and O–H groups in total. The molecule has 6 nitrogen and oxygen atoms in total. The molecule has 27 heavy (non-hydrogen) atoms. The molecule has 1 atom stereocenters. The number of fused-ring (bicyclic) bond motifs is 2. The summed E-state index contributed by atoms with van der Waals surface area (Å²) in [5.41, 5.74) is 3.72. The first kappa shape index (κ1) is 17.0. The van der Waals surface area contributed by atoms with Gasteiger partial charge in [-0.25, -0.2) is 0 Å². The Hall–Kier alpha value is -3.41. The Labute approximate surface area is 155 Å². The molecule has 0 radical (unpaired) electrons. The van der Waals surface area contributed by atoms with Crippen molar-refractivity contribution in [3.05, 3.63) is 65.4 Å². The number of amides is 1. The van der Waals surface area contributed by atoms with E-state index in [-0.39, 0.29) is 30.6 Å². The maximum Gasteiger partial charge on any atom is 0.310 e. The summed E-state index contributed by atoms with van der Waals surface area (Å²) in [7, 11) is 0. The number of ketones is 1. The van der Waals surface area contributed by atoms with E-state index in [9.17, 15) is 14.4 Å². The van der Waals surface area contributed by atoms with Crippen molar-refractivity contribution in [2.24, 2.45) is 0 Å². The van der Waals surface area contributed by atoms with Crippen molar-refractivity contribution in [1.82, 2.24) is 4.98 Å². The molecule has 1 amide bonds. The van der Waals surface area contributed by atoms with Crippen LogP contribution in [-0.2, 0) is 20.7 Å². The molecule has 0 aliphatic carbocycles. The Balaban J connectivity index is 1.39. The van der Waals surface area contributed by atoms with Gasteiger partial charge in [0.1, 0.15) is 0 Å². The highest BCUT2D eigenvalue weighted by molar-refractivity contribution is 6.05. The largest absolute Gasteiger partial charge is 0.457 e. The van der Waals surface area contributed by atoms with Gasteiger partial charge in [-0.1, -0.05) is 18.2 Å². The standard InChI is InChI=1S/C21H18N2O4/c1-12-16-8-13(6-7-18(16)23-21(12)26)19(24)11-27-20(25)9-14-10-22-17-5-3-2-4-15(14)17/h2-8,10,12,22H,9,11H2,1H3,(H,23,26)/t12-/m1/s1. The zero-order valence-corrected chi connectivity index (χ0v) is 14.7. The lowest BCUT2D eigenvalue weighted by molar-refractivity contribution is -0.141. The van der Waals surface area contributed by atoms with Gasteiger partial charge < -0.3 is 15.0 Å². The lowest BCUT2D eigenvalue weighted by atomic mass is 9.99. The van der Waals surface area contributed by atoms with Crippen molar-refractivity contribution in [2.75, 3.05) is 11.9 Å². The molecule has 0 fully saturated rings. The fraction of sp³-hybridized carbons (Fsp3) is 0.190. The number of aromatic nitrogens is 1. The van der Waals surface area contributed by atoms with Gasteiger partial charge in [-0.05, 0) is 42.3 Å². The second-order valence-electron chi connectivity index (χ2n) is 6.63. The normalized spacial score (nSPS) is 15.4. The van der Waals surface area contributed by atoms with Crippen LogP contribution >= 0.6 is 0 Å². The number of Topliss-reactive ketones (excluding diaryl/α,β-unsaturated/α-hetero) is 1. The second kappa shape index (κ2) is 6.72. The Bertz CT molecular complexity index is 1070. The van der Waals surface area contributed by atoms with Crippen LogP contribution in [0.4, 0.5) is 5.69 Å². The molecule has 0 saturated carbocycles. The van der Waals surface area contributed by atoms with E-state index < -0.39 is 5.97 Å². The molecule has 1 aromatic heterocycles. The second-order valence-corrected chi connectivity index (χ2v) is 6.63. The van der Waals surface area contributed by atoms with Gasteiger partial charge in [-0.15, -0.1) is 0 Å². The molecule has 3 aromatic rings. The zero-order valence-electron chi connectivity index (χ0n) is 14.7. The number of anilines is 1. The SMILES string of the molecule is C[C@H]1C(=O)Nc2ccc(C(=O)COC(=O)Cc3c[nH]c4ccccc34)cc21. The summed E-state index contributed by atoms with van der Waals surface area (Å²) in [6.07, 6.45) is 1.87. The van der Waals surface area contributed by atoms with E-state index in [1.165, 1.54) is 0 Å². The van der Waals surface area contributed by atoms with E-state index in [4.69, 9.17) is 4.74 Å². The van der Waals surface area contributed by atoms with E-state index in [1.807, 2.05) is 24.3 Å². The number of rotatable bonds is 5. The van der Waals surface area contributed by atoms with Gasteiger partial charge in [-0.3, -0.25) is 14.4 Å². The third kappa shape index (κ3) is 3.21. The van der Waals surface area contributed by atoms with Crippen LogP contribution in [0, 0.1) is 0 Å². The van der Waals surface area contributed by atoms with Crippen molar-refractivity contribution in [1.29, 1.82) is 0 Å². The Morgan fingerprint density at radius 2 is 1.96 bits per heavy atom. The summed E-state index contributed by atoms with van der Waals surface area (Å²) in [6.45, 7) is 1.46. The summed E-state index contributed by atoms with van der Waals surface area (Å²) in [5.74, 6) is -1.13. The third-order valence-corrected chi connectivity index (χ3v) is 4.87. The number of esters is 1. The van der Waals surface area contributed by atoms with Gasteiger partial charge in [0.2, 0.25) is 5.91 Å². The molecule has 0 bridgehead atoms. The number of benzene rings is 2. The number of aromatic amines is 1. The predicted molar refractivity (Wildman–Crippen MR) is 101 cm³/mol. The van der Waals surface area contributed by atoms with Gasteiger partial charge in [0, 0.05) is 28.4 Å². The van der Waals surface area contributed by atoms with Crippen molar-refractivity contribution in [2.45, 2.75) is 19.3 Å². The molecule has 136 valence electrons. The maximum atomic E-state index is 12.4. The fourth-order valence-electron chi connectivity index (χ4n) is 3.30. The molecule has 1 aliphatic heterocycles. The first-order chi connectivity index (χ1) is 13.0. The average molecular weight is 362 g/mol. The predicted octanol–water partition coefficient (Wildman–Crippen LogP) is 3.19. The summed E-state index contributed by atoms with van der Waals surface area (Å²) in [6, 6.07) is 12.7. The molecule has 0 saturated heterocycles. The van der Waals surface area contributed by atoms with Crippen LogP contribution in [0.3, 0.4) is 0 Å². The first-order valence-electron chi connectivity index (χ1n) is 8.71. The van der Waals surface area contributed by atoms with Crippen molar-refractivity contribution in [3.8, 4) is 0 Å². The minimum Gasteiger partial charge on any atom is -0.457 e. The van der Waals surface area contributed by atoms with E-state index in [0.29, 0.717) is 5.56 Å². The van der Waals surface area contributed by atoms with Gasteiger partial charge >= 0.3 is 5.97 Å². The average Bonchev–Trinajstić information content (AvgIpc) is 3.21. The molecule has 0 unspecified atom stereocenters. The van der Waals surface area contributed by atoms with E-state index >= 15 is 0 Å². The number of para-hydroxylation sites is 1. The molecule has 0 spiro atoms. The molecular weight excluding hydrogens is 344 g/mol. The minimum atomic E-state index is -0.459. The number of carbonyl (C=O) groups is 3. The molecule has 1 aliphatic rings. The third-order valence-electron chi connectivity index (χ3n) is 4.87. The zero-order chi connectivity index (χ0) is 19.0. The number of ether oxygens (including phenoxy) is 1.